The number of nitrogens with zero attached hydrogens (tertiary/aromatic N) is 3. The van der Waals surface area contributed by atoms with Crippen LogP contribution >= 0.6 is 0 Å². The largest absolute Gasteiger partial charge is 0.492 e. The standard InChI is InChI=1S/C23H26N6O2/c1-14(2)11-21-25-23(29-27-21)17-7-8-20-19(13-17)22(28-26-20)16-5-4-6-18(12-16)31-10-9-24-15(3)30/h4-8,12-14H,9-11H2,1-3H3,(H,24,30)(H,26,28)(H,25,27,29). The molecule has 0 spiro atoms. The van der Waals surface area contributed by atoms with Gasteiger partial charge in [0, 0.05) is 29.9 Å². The average Bonchev–Trinajstić information content (AvgIpc) is 3.37. The van der Waals surface area contributed by atoms with Gasteiger partial charge in [0.05, 0.1) is 12.1 Å². The highest BCUT2D eigenvalue weighted by atomic mass is 16.5. The van der Waals surface area contributed by atoms with Crippen LogP contribution < -0.4 is 10.1 Å². The lowest BCUT2D eigenvalue weighted by atomic mass is 10.1. The van der Waals surface area contributed by atoms with Gasteiger partial charge in [-0.15, -0.1) is 0 Å². The molecule has 2 heterocycles. The molecular weight excluding hydrogens is 392 g/mol. The Balaban J connectivity index is 1.59. The third kappa shape index (κ3) is 4.91. The van der Waals surface area contributed by atoms with Crippen molar-refractivity contribution in [1.82, 2.24) is 30.7 Å². The zero-order valence-corrected chi connectivity index (χ0v) is 17.9. The van der Waals surface area contributed by atoms with Crippen LogP contribution in [-0.2, 0) is 11.2 Å². The molecule has 0 saturated carbocycles. The number of fused-ring (bicyclic) bond motifs is 1. The number of H-pyrrole nitrogens is 2. The van der Waals surface area contributed by atoms with Crippen molar-refractivity contribution in [3.63, 3.8) is 0 Å². The van der Waals surface area contributed by atoms with Crippen LogP contribution in [0.1, 0.15) is 26.6 Å². The average molecular weight is 419 g/mol. The molecule has 8 heteroatoms. The molecule has 4 aromatic rings. The summed E-state index contributed by atoms with van der Waals surface area (Å²) in [5.41, 5.74) is 3.65. The Morgan fingerprint density at radius 3 is 2.77 bits per heavy atom. The van der Waals surface area contributed by atoms with Crippen LogP contribution in [0.25, 0.3) is 33.5 Å². The molecule has 3 N–H and O–H groups in total. The zero-order valence-electron chi connectivity index (χ0n) is 17.9. The molecule has 0 unspecified atom stereocenters. The van der Waals surface area contributed by atoms with Gasteiger partial charge in [-0.25, -0.2) is 4.98 Å². The van der Waals surface area contributed by atoms with E-state index in [0.29, 0.717) is 24.9 Å². The third-order valence-corrected chi connectivity index (χ3v) is 4.81. The number of amides is 1. The van der Waals surface area contributed by atoms with Crippen LogP contribution in [0.4, 0.5) is 0 Å². The Hall–Kier alpha value is -3.68. The number of hydrogen-bond acceptors (Lipinski definition) is 5. The van der Waals surface area contributed by atoms with Crippen LogP contribution in [0, 0.1) is 5.92 Å². The molecule has 2 aromatic carbocycles. The molecule has 31 heavy (non-hydrogen) atoms. The summed E-state index contributed by atoms with van der Waals surface area (Å²) < 4.78 is 5.76. The van der Waals surface area contributed by atoms with Crippen molar-refractivity contribution < 1.29 is 9.53 Å². The number of benzene rings is 2. The molecule has 0 aliphatic heterocycles. The Kier molecular flexibility index (Phi) is 5.97. The van der Waals surface area contributed by atoms with Gasteiger partial charge in [-0.3, -0.25) is 15.0 Å². The summed E-state index contributed by atoms with van der Waals surface area (Å²) in [6, 6.07) is 13.8. The molecule has 2 aromatic heterocycles. The fourth-order valence-corrected chi connectivity index (χ4v) is 3.40. The first-order valence-electron chi connectivity index (χ1n) is 10.4. The Bertz CT molecular complexity index is 1190. The van der Waals surface area contributed by atoms with E-state index in [-0.39, 0.29) is 5.91 Å². The molecule has 0 saturated heterocycles. The van der Waals surface area contributed by atoms with Crippen molar-refractivity contribution in [2.75, 3.05) is 13.2 Å². The fourth-order valence-electron chi connectivity index (χ4n) is 3.40. The molecule has 0 fully saturated rings. The van der Waals surface area contributed by atoms with E-state index in [1.807, 2.05) is 36.4 Å². The van der Waals surface area contributed by atoms with Crippen molar-refractivity contribution in [1.29, 1.82) is 0 Å². The molecule has 0 aliphatic carbocycles. The van der Waals surface area contributed by atoms with E-state index in [0.717, 1.165) is 45.7 Å². The molecule has 4 rings (SSSR count). The second-order valence-electron chi connectivity index (χ2n) is 7.90. The van der Waals surface area contributed by atoms with Gasteiger partial charge in [0.1, 0.15) is 23.9 Å². The van der Waals surface area contributed by atoms with Gasteiger partial charge in [-0.1, -0.05) is 26.0 Å². The van der Waals surface area contributed by atoms with Gasteiger partial charge in [-0.05, 0) is 36.2 Å². The van der Waals surface area contributed by atoms with Crippen LogP contribution in [-0.4, -0.2) is 44.4 Å². The SMILES string of the molecule is CC(=O)NCCOc1cccc(-c2n[nH]c3ccc(-c4n[nH]c(CC(C)C)n4)cc23)c1. The lowest BCUT2D eigenvalue weighted by Crippen LogP contribution is -2.25. The summed E-state index contributed by atoms with van der Waals surface area (Å²) in [7, 11) is 0. The molecule has 8 nitrogen and oxygen atoms in total. The summed E-state index contributed by atoms with van der Waals surface area (Å²) in [5, 5.41) is 18.7. The van der Waals surface area contributed by atoms with E-state index in [1.54, 1.807) is 0 Å². The Morgan fingerprint density at radius 1 is 1.10 bits per heavy atom. The molecule has 0 bridgehead atoms. The highest BCUT2D eigenvalue weighted by Crippen LogP contribution is 2.31. The van der Waals surface area contributed by atoms with Gasteiger partial charge in [0.2, 0.25) is 5.91 Å². The topological polar surface area (TPSA) is 109 Å². The minimum absolute atomic E-state index is 0.0705. The van der Waals surface area contributed by atoms with E-state index in [1.165, 1.54) is 6.92 Å². The number of aromatic amines is 2. The molecule has 1 amide bonds. The molecule has 0 aliphatic rings. The summed E-state index contributed by atoms with van der Waals surface area (Å²) >= 11 is 0. The Morgan fingerprint density at radius 2 is 1.97 bits per heavy atom. The lowest BCUT2D eigenvalue weighted by Gasteiger charge is -2.08. The van der Waals surface area contributed by atoms with Crippen LogP contribution in [0.3, 0.4) is 0 Å². The summed E-state index contributed by atoms with van der Waals surface area (Å²) in [6.07, 6.45) is 0.862. The summed E-state index contributed by atoms with van der Waals surface area (Å²) in [5.74, 6) is 2.74. The Labute approximate surface area is 180 Å². The van der Waals surface area contributed by atoms with Crippen molar-refractivity contribution in [2.24, 2.45) is 5.92 Å². The highest BCUT2D eigenvalue weighted by Gasteiger charge is 2.13. The molecule has 160 valence electrons. The van der Waals surface area contributed by atoms with Crippen LogP contribution in [0.5, 0.6) is 5.75 Å². The van der Waals surface area contributed by atoms with E-state index in [4.69, 9.17) is 4.74 Å². The zero-order chi connectivity index (χ0) is 21.8. The number of nitrogens with one attached hydrogen (secondary N) is 3. The van der Waals surface area contributed by atoms with Crippen LogP contribution in [0.15, 0.2) is 42.5 Å². The minimum Gasteiger partial charge on any atom is -0.492 e. The maximum absolute atomic E-state index is 11.0. The summed E-state index contributed by atoms with van der Waals surface area (Å²) in [6.45, 7) is 6.66. The first-order valence-corrected chi connectivity index (χ1v) is 10.4. The van der Waals surface area contributed by atoms with Crippen molar-refractivity contribution in [2.45, 2.75) is 27.2 Å². The second-order valence-corrected chi connectivity index (χ2v) is 7.90. The third-order valence-electron chi connectivity index (χ3n) is 4.81. The van der Waals surface area contributed by atoms with Gasteiger partial charge in [0.25, 0.3) is 0 Å². The number of ether oxygens (including phenoxy) is 1. The monoisotopic (exact) mass is 418 g/mol. The van der Waals surface area contributed by atoms with E-state index in [9.17, 15) is 4.79 Å². The van der Waals surface area contributed by atoms with Crippen molar-refractivity contribution >= 4 is 16.8 Å². The van der Waals surface area contributed by atoms with E-state index in [2.05, 4.69) is 50.6 Å². The normalized spacial score (nSPS) is 11.2. The quantitative estimate of drug-likeness (QED) is 0.378. The van der Waals surface area contributed by atoms with Crippen LogP contribution in [0.2, 0.25) is 0 Å². The van der Waals surface area contributed by atoms with Gasteiger partial charge < -0.3 is 10.1 Å². The summed E-state index contributed by atoms with van der Waals surface area (Å²) in [4.78, 5) is 15.6. The predicted molar refractivity (Wildman–Crippen MR) is 120 cm³/mol. The number of aromatic nitrogens is 5. The number of hydrogen-bond donors (Lipinski definition) is 3. The fraction of sp³-hybridized carbons (Fsp3) is 0.304. The van der Waals surface area contributed by atoms with Crippen molar-refractivity contribution in [3.8, 4) is 28.4 Å². The number of carbonyl (C=O) groups excluding carboxylic acids is 1. The smallest absolute Gasteiger partial charge is 0.216 e. The second kappa shape index (κ2) is 8.99. The van der Waals surface area contributed by atoms with E-state index >= 15 is 0 Å². The molecule has 0 atom stereocenters. The minimum atomic E-state index is -0.0705. The first-order chi connectivity index (χ1) is 15.0. The number of rotatable bonds is 8. The molecule has 0 radical (unpaired) electrons. The molecular formula is C23H26N6O2. The predicted octanol–water partition coefficient (Wildman–Crippen LogP) is 3.73. The maximum atomic E-state index is 11.0. The maximum Gasteiger partial charge on any atom is 0.216 e. The first kappa shape index (κ1) is 20.6. The highest BCUT2D eigenvalue weighted by molar-refractivity contribution is 5.95. The lowest BCUT2D eigenvalue weighted by molar-refractivity contribution is -0.119. The van der Waals surface area contributed by atoms with Gasteiger partial charge in [-0.2, -0.15) is 10.2 Å². The van der Waals surface area contributed by atoms with Gasteiger partial charge >= 0.3 is 0 Å². The van der Waals surface area contributed by atoms with Gasteiger partial charge in [0.15, 0.2) is 5.82 Å². The van der Waals surface area contributed by atoms with Crippen molar-refractivity contribution in [3.05, 3.63) is 48.3 Å². The van der Waals surface area contributed by atoms with E-state index < -0.39 is 0 Å². The number of carbonyl (C=O) groups is 1.